The molecule has 2 N–H and O–H groups in total. The van der Waals surface area contributed by atoms with Crippen LogP contribution in [0, 0.1) is 0 Å². The third-order valence-electron chi connectivity index (χ3n) is 2.67. The van der Waals surface area contributed by atoms with Crippen molar-refractivity contribution in [3.8, 4) is 0 Å². The Kier molecular flexibility index (Phi) is 3.69. The van der Waals surface area contributed by atoms with Crippen LogP contribution in [0.4, 0.5) is 5.82 Å². The molecule has 0 radical (unpaired) electrons. The molecular formula is C10H16ClN3O2S. The molecule has 0 aromatic carbocycles. The Hall–Kier alpha value is -0.880. The summed E-state index contributed by atoms with van der Waals surface area (Å²) in [6, 6.07) is 1.44. The number of hydrogen-bond donors (Lipinski definition) is 1. The van der Waals surface area contributed by atoms with Crippen molar-refractivity contribution >= 4 is 27.3 Å². The number of anilines is 1. The quantitative estimate of drug-likeness (QED) is 0.851. The fourth-order valence-electron chi connectivity index (χ4n) is 1.48. The van der Waals surface area contributed by atoms with E-state index in [1.807, 2.05) is 0 Å². The summed E-state index contributed by atoms with van der Waals surface area (Å²) in [7, 11) is -3.37. The van der Waals surface area contributed by atoms with E-state index in [1.165, 1.54) is 6.07 Å². The molecule has 1 aromatic rings. The number of hydrogen-bond acceptors (Lipinski definition) is 5. The van der Waals surface area contributed by atoms with Crippen LogP contribution in [0.15, 0.2) is 6.07 Å². The molecule has 17 heavy (non-hydrogen) atoms. The zero-order valence-corrected chi connectivity index (χ0v) is 11.8. The van der Waals surface area contributed by atoms with Crippen LogP contribution in [-0.2, 0) is 14.6 Å². The summed E-state index contributed by atoms with van der Waals surface area (Å²) >= 11 is 5.69. The summed E-state index contributed by atoms with van der Waals surface area (Å²) in [5, 5.41) is -0.556. The van der Waals surface area contributed by atoms with Gasteiger partial charge in [0.25, 0.3) is 0 Å². The highest BCUT2D eigenvalue weighted by molar-refractivity contribution is 7.92. The Morgan fingerprint density at radius 3 is 2.29 bits per heavy atom. The van der Waals surface area contributed by atoms with Gasteiger partial charge in [-0.3, -0.25) is 0 Å². The van der Waals surface area contributed by atoms with E-state index in [0.717, 1.165) is 0 Å². The molecule has 0 saturated carbocycles. The minimum atomic E-state index is -3.37. The molecule has 0 aliphatic carbocycles. The number of sulfone groups is 1. The number of nitrogens with zero attached hydrogens (tertiary/aromatic N) is 2. The van der Waals surface area contributed by atoms with Crippen molar-refractivity contribution in [3.05, 3.63) is 17.0 Å². The Labute approximate surface area is 106 Å². The van der Waals surface area contributed by atoms with E-state index in [0.29, 0.717) is 5.69 Å². The van der Waals surface area contributed by atoms with Crippen LogP contribution in [0.25, 0.3) is 0 Å². The van der Waals surface area contributed by atoms with Gasteiger partial charge in [0.15, 0.2) is 9.84 Å². The van der Waals surface area contributed by atoms with Crippen LogP contribution >= 0.6 is 11.6 Å². The van der Waals surface area contributed by atoms with Gasteiger partial charge >= 0.3 is 0 Å². The number of aromatic nitrogens is 2. The lowest BCUT2D eigenvalue weighted by molar-refractivity contribution is 0.541. The summed E-state index contributed by atoms with van der Waals surface area (Å²) in [5.74, 6) is 0.159. The van der Waals surface area contributed by atoms with Crippen molar-refractivity contribution in [1.29, 1.82) is 0 Å². The molecule has 1 rings (SSSR count). The van der Waals surface area contributed by atoms with E-state index < -0.39 is 19.8 Å². The highest BCUT2D eigenvalue weighted by atomic mass is 35.5. The molecule has 0 aliphatic rings. The minimum Gasteiger partial charge on any atom is -0.384 e. The maximum Gasteiger partial charge on any atom is 0.224 e. The van der Waals surface area contributed by atoms with E-state index in [-0.39, 0.29) is 11.1 Å². The van der Waals surface area contributed by atoms with Gasteiger partial charge in [0.1, 0.15) is 10.6 Å². The molecule has 0 aliphatic heterocycles. The standard InChI is InChI=1S/C10H16ClN3O2S/c1-6(2)17(15,16)10(3,4)7-5-8(12)14-9(11)13-7/h5-6H,1-4H3,(H2,12,13,14). The highest BCUT2D eigenvalue weighted by Crippen LogP contribution is 2.32. The Morgan fingerprint density at radius 1 is 1.35 bits per heavy atom. The molecule has 0 fully saturated rings. The normalized spacial score (nSPS) is 13.1. The largest absolute Gasteiger partial charge is 0.384 e. The van der Waals surface area contributed by atoms with Crippen LogP contribution in [0.3, 0.4) is 0 Å². The van der Waals surface area contributed by atoms with Crippen LogP contribution < -0.4 is 5.73 Å². The Bertz CT molecular complexity index is 506. The predicted octanol–water partition coefficient (Wildman–Crippen LogP) is 1.77. The van der Waals surface area contributed by atoms with Crippen molar-refractivity contribution in [1.82, 2.24) is 9.97 Å². The van der Waals surface area contributed by atoms with Crippen molar-refractivity contribution in [3.63, 3.8) is 0 Å². The fourth-order valence-corrected chi connectivity index (χ4v) is 3.24. The number of nitrogens with two attached hydrogens (primary N) is 1. The zero-order chi connectivity index (χ0) is 13.4. The van der Waals surface area contributed by atoms with Gasteiger partial charge in [0.2, 0.25) is 5.28 Å². The summed E-state index contributed by atoms with van der Waals surface area (Å²) in [4.78, 5) is 7.66. The van der Waals surface area contributed by atoms with Gasteiger partial charge in [-0.05, 0) is 39.3 Å². The van der Waals surface area contributed by atoms with Crippen molar-refractivity contribution < 1.29 is 8.42 Å². The second kappa shape index (κ2) is 4.42. The average molecular weight is 278 g/mol. The van der Waals surface area contributed by atoms with E-state index in [9.17, 15) is 8.42 Å². The summed E-state index contributed by atoms with van der Waals surface area (Å²) in [6.45, 7) is 6.42. The topological polar surface area (TPSA) is 85.9 Å². The first-order chi connectivity index (χ1) is 7.59. The maximum atomic E-state index is 12.2. The van der Waals surface area contributed by atoms with Crippen LogP contribution in [0.5, 0.6) is 0 Å². The van der Waals surface area contributed by atoms with Crippen LogP contribution in [0.1, 0.15) is 33.4 Å². The van der Waals surface area contributed by atoms with Gasteiger partial charge in [-0.25, -0.2) is 18.4 Å². The smallest absolute Gasteiger partial charge is 0.224 e. The van der Waals surface area contributed by atoms with Gasteiger partial charge in [0.05, 0.1) is 10.9 Å². The first-order valence-corrected chi connectivity index (χ1v) is 7.05. The molecule has 0 unspecified atom stereocenters. The third kappa shape index (κ3) is 2.52. The van der Waals surface area contributed by atoms with Crippen LogP contribution in [-0.4, -0.2) is 23.6 Å². The summed E-state index contributed by atoms with van der Waals surface area (Å²) < 4.78 is 23.3. The summed E-state index contributed by atoms with van der Waals surface area (Å²) in [5.41, 5.74) is 5.85. The molecule has 0 amide bonds. The van der Waals surface area contributed by atoms with Gasteiger partial charge < -0.3 is 5.73 Å². The zero-order valence-electron chi connectivity index (χ0n) is 10.2. The van der Waals surface area contributed by atoms with Gasteiger partial charge in [-0.15, -0.1) is 0 Å². The van der Waals surface area contributed by atoms with Gasteiger partial charge in [-0.2, -0.15) is 0 Å². The highest BCUT2D eigenvalue weighted by Gasteiger charge is 2.39. The van der Waals surface area contributed by atoms with Gasteiger partial charge in [0, 0.05) is 6.07 Å². The number of halogens is 1. The lowest BCUT2D eigenvalue weighted by Crippen LogP contribution is -2.36. The van der Waals surface area contributed by atoms with E-state index >= 15 is 0 Å². The molecular weight excluding hydrogens is 262 g/mol. The molecule has 5 nitrogen and oxygen atoms in total. The lowest BCUT2D eigenvalue weighted by atomic mass is 10.1. The molecule has 96 valence electrons. The molecule has 0 spiro atoms. The molecule has 7 heteroatoms. The fraction of sp³-hybridized carbons (Fsp3) is 0.600. The monoisotopic (exact) mass is 277 g/mol. The number of rotatable bonds is 3. The Balaban J connectivity index is 3.41. The van der Waals surface area contributed by atoms with Crippen molar-refractivity contribution in [2.24, 2.45) is 0 Å². The molecule has 0 atom stereocenters. The van der Waals surface area contributed by atoms with Crippen molar-refractivity contribution in [2.45, 2.75) is 37.7 Å². The van der Waals surface area contributed by atoms with E-state index in [2.05, 4.69) is 9.97 Å². The number of nitrogen functional groups attached to an aromatic ring is 1. The molecule has 0 saturated heterocycles. The first kappa shape index (κ1) is 14.2. The average Bonchev–Trinajstić information content (AvgIpc) is 2.15. The first-order valence-electron chi connectivity index (χ1n) is 5.13. The third-order valence-corrected chi connectivity index (χ3v) is 5.71. The predicted molar refractivity (Wildman–Crippen MR) is 68.5 cm³/mol. The molecule has 0 bridgehead atoms. The van der Waals surface area contributed by atoms with E-state index in [4.69, 9.17) is 17.3 Å². The minimum absolute atomic E-state index is 0.0490. The van der Waals surface area contributed by atoms with E-state index in [1.54, 1.807) is 27.7 Å². The molecule has 1 heterocycles. The van der Waals surface area contributed by atoms with Crippen molar-refractivity contribution in [2.75, 3.05) is 5.73 Å². The second-order valence-corrected chi connectivity index (χ2v) is 7.94. The maximum absolute atomic E-state index is 12.2. The van der Waals surface area contributed by atoms with Gasteiger partial charge in [-0.1, -0.05) is 0 Å². The molecule has 1 aromatic heterocycles. The second-order valence-electron chi connectivity index (χ2n) is 4.55. The SMILES string of the molecule is CC(C)S(=O)(=O)C(C)(C)c1cc(N)nc(Cl)n1. The Morgan fingerprint density at radius 2 is 1.88 bits per heavy atom. The summed E-state index contributed by atoms with van der Waals surface area (Å²) in [6.07, 6.45) is 0. The van der Waals surface area contributed by atoms with Crippen LogP contribution in [0.2, 0.25) is 5.28 Å². The lowest BCUT2D eigenvalue weighted by Gasteiger charge is -2.26.